The molecule has 0 radical (unpaired) electrons. The number of piperidine rings is 1. The van der Waals surface area contributed by atoms with Crippen LogP contribution in [0.25, 0.3) is 6.08 Å². The van der Waals surface area contributed by atoms with E-state index in [0.717, 1.165) is 17.7 Å². The number of anilines is 1. The maximum Gasteiger partial charge on any atom is 0.322 e. The van der Waals surface area contributed by atoms with Crippen molar-refractivity contribution in [2.45, 2.75) is 32.1 Å². The van der Waals surface area contributed by atoms with E-state index in [9.17, 15) is 4.79 Å². The van der Waals surface area contributed by atoms with Crippen molar-refractivity contribution in [1.29, 1.82) is 0 Å². The molecule has 2 aromatic heterocycles. The highest BCUT2D eigenvalue weighted by molar-refractivity contribution is 5.89. The minimum atomic E-state index is -0.130. The number of nitrogens with zero attached hydrogens (tertiary/aromatic N) is 3. The molecule has 1 aliphatic carbocycles. The molecule has 0 bridgehead atoms. The number of ether oxygens (including phenoxy) is 1. The molecule has 2 amide bonds. The minimum Gasteiger partial charge on any atom is -0.439 e. The zero-order valence-electron chi connectivity index (χ0n) is 18.0. The quantitative estimate of drug-likeness (QED) is 0.562. The van der Waals surface area contributed by atoms with Crippen molar-refractivity contribution in [2.75, 3.05) is 18.4 Å². The van der Waals surface area contributed by atoms with Crippen molar-refractivity contribution >= 4 is 17.8 Å². The predicted molar refractivity (Wildman–Crippen MR) is 122 cm³/mol. The number of hydrogen-bond donors (Lipinski definition) is 1. The van der Waals surface area contributed by atoms with Crippen molar-refractivity contribution in [3.8, 4) is 11.6 Å². The number of nitrogens with one attached hydrogen (secondary N) is 1. The fourth-order valence-corrected chi connectivity index (χ4v) is 4.03. The summed E-state index contributed by atoms with van der Waals surface area (Å²) in [5.74, 6) is 2.33. The van der Waals surface area contributed by atoms with E-state index in [-0.39, 0.29) is 11.9 Å². The second-order valence-corrected chi connectivity index (χ2v) is 8.54. The fourth-order valence-electron chi connectivity index (χ4n) is 4.03. The van der Waals surface area contributed by atoms with Crippen molar-refractivity contribution < 1.29 is 14.1 Å². The van der Waals surface area contributed by atoms with Crippen LogP contribution in [0.1, 0.15) is 43.2 Å². The summed E-state index contributed by atoms with van der Waals surface area (Å²) in [6.07, 6.45) is 10.4. The van der Waals surface area contributed by atoms with Crippen LogP contribution >= 0.6 is 0 Å². The number of benzene rings is 1. The number of carbonyl (C=O) groups is 1. The van der Waals surface area contributed by atoms with Crippen molar-refractivity contribution in [1.82, 2.24) is 15.0 Å². The van der Waals surface area contributed by atoms with Gasteiger partial charge in [0.05, 0.1) is 6.20 Å². The van der Waals surface area contributed by atoms with E-state index < -0.39 is 0 Å². The highest BCUT2D eigenvalue weighted by Crippen LogP contribution is 2.40. The molecule has 0 spiro atoms. The van der Waals surface area contributed by atoms with Crippen molar-refractivity contribution in [3.05, 3.63) is 71.8 Å². The molecular formula is C25H26N4O3. The summed E-state index contributed by atoms with van der Waals surface area (Å²) in [6, 6.07) is 12.0. The van der Waals surface area contributed by atoms with Gasteiger partial charge in [-0.05, 0) is 54.4 Å². The Balaban J connectivity index is 1.21. The van der Waals surface area contributed by atoms with Crippen molar-refractivity contribution in [2.24, 2.45) is 5.92 Å². The molecule has 7 nitrogen and oxygen atoms in total. The number of hydrogen-bond acceptors (Lipinski definition) is 5. The van der Waals surface area contributed by atoms with Gasteiger partial charge in [0.15, 0.2) is 0 Å². The maximum absolute atomic E-state index is 12.5. The zero-order chi connectivity index (χ0) is 21.9. The van der Waals surface area contributed by atoms with E-state index in [1.54, 1.807) is 0 Å². The van der Waals surface area contributed by atoms with Crippen LogP contribution in [0.5, 0.6) is 11.6 Å². The summed E-state index contributed by atoms with van der Waals surface area (Å²) in [5, 5.41) is 6.42. The lowest BCUT2D eigenvalue weighted by molar-refractivity contribution is 0.198. The molecule has 1 atom stereocenters. The molecule has 1 unspecified atom stereocenters. The molecular weight excluding hydrogens is 404 g/mol. The lowest BCUT2D eigenvalue weighted by Crippen LogP contribution is -2.42. The monoisotopic (exact) mass is 430 g/mol. The van der Waals surface area contributed by atoms with Crippen LogP contribution in [0.15, 0.2) is 65.2 Å². The van der Waals surface area contributed by atoms with E-state index in [1.165, 1.54) is 36.4 Å². The van der Waals surface area contributed by atoms with E-state index in [1.807, 2.05) is 35.4 Å². The molecule has 2 fully saturated rings. The molecule has 7 heteroatoms. The van der Waals surface area contributed by atoms with E-state index in [2.05, 4.69) is 40.6 Å². The normalized spacial score (nSPS) is 19.7. The van der Waals surface area contributed by atoms with Gasteiger partial charge in [-0.25, -0.2) is 9.78 Å². The summed E-state index contributed by atoms with van der Waals surface area (Å²) in [5.41, 5.74) is 4.27. The summed E-state index contributed by atoms with van der Waals surface area (Å²) in [6.45, 7) is 3.48. The fraction of sp³-hybridized carbons (Fsp3) is 0.320. The Morgan fingerprint density at radius 2 is 2.16 bits per heavy atom. The highest BCUT2D eigenvalue weighted by atomic mass is 16.5. The second-order valence-electron chi connectivity index (χ2n) is 8.54. The van der Waals surface area contributed by atoms with Gasteiger partial charge in [-0.15, -0.1) is 0 Å². The summed E-state index contributed by atoms with van der Waals surface area (Å²) in [4.78, 5) is 18.7. The molecule has 32 heavy (non-hydrogen) atoms. The van der Waals surface area contributed by atoms with Gasteiger partial charge < -0.3 is 19.5 Å². The van der Waals surface area contributed by atoms with Gasteiger partial charge in [0.2, 0.25) is 5.88 Å². The first-order valence-electron chi connectivity index (χ1n) is 11.0. The largest absolute Gasteiger partial charge is 0.439 e. The van der Waals surface area contributed by atoms with Gasteiger partial charge in [0.25, 0.3) is 0 Å². The average Bonchev–Trinajstić information content (AvgIpc) is 3.52. The van der Waals surface area contributed by atoms with Crippen LogP contribution in [0.3, 0.4) is 0 Å². The van der Waals surface area contributed by atoms with Crippen LogP contribution < -0.4 is 10.1 Å². The third-order valence-corrected chi connectivity index (χ3v) is 6.01. The number of likely N-dealkylation sites (tertiary alicyclic amines) is 1. The molecule has 1 saturated heterocycles. The summed E-state index contributed by atoms with van der Waals surface area (Å²) >= 11 is 0. The molecule has 3 aromatic rings. The van der Waals surface area contributed by atoms with Gasteiger partial charge >= 0.3 is 6.03 Å². The number of carbonyl (C=O) groups excluding carboxylic acids is 1. The maximum atomic E-state index is 12.5. The molecule has 3 heterocycles. The molecule has 1 saturated carbocycles. The Kier molecular flexibility index (Phi) is 5.62. The third kappa shape index (κ3) is 4.82. The van der Waals surface area contributed by atoms with E-state index in [0.29, 0.717) is 30.6 Å². The third-order valence-electron chi connectivity index (χ3n) is 6.01. The average molecular weight is 431 g/mol. The minimum absolute atomic E-state index is 0.130. The number of urea groups is 1. The van der Waals surface area contributed by atoms with Gasteiger partial charge in [-0.1, -0.05) is 41.9 Å². The molecule has 164 valence electrons. The van der Waals surface area contributed by atoms with Crippen LogP contribution in [-0.2, 0) is 0 Å². The zero-order valence-corrected chi connectivity index (χ0v) is 18.0. The smallest absolute Gasteiger partial charge is 0.322 e. The Morgan fingerprint density at radius 1 is 1.25 bits per heavy atom. The molecule has 2 aliphatic rings. The van der Waals surface area contributed by atoms with Gasteiger partial charge in [-0.3, -0.25) is 0 Å². The Hall–Kier alpha value is -3.61. The van der Waals surface area contributed by atoms with Crippen molar-refractivity contribution in [3.63, 3.8) is 0 Å². The Morgan fingerprint density at radius 3 is 2.88 bits per heavy atom. The van der Waals surface area contributed by atoms with E-state index >= 15 is 0 Å². The Bertz CT molecular complexity index is 1100. The van der Waals surface area contributed by atoms with Crippen LogP contribution in [0.4, 0.5) is 10.5 Å². The van der Waals surface area contributed by atoms with Gasteiger partial charge in [0.1, 0.15) is 17.7 Å². The first-order chi connectivity index (χ1) is 15.6. The van der Waals surface area contributed by atoms with Gasteiger partial charge in [0, 0.05) is 25.4 Å². The van der Waals surface area contributed by atoms with E-state index in [4.69, 9.17) is 9.26 Å². The first-order valence-corrected chi connectivity index (χ1v) is 11.0. The number of aromatic nitrogens is 2. The lowest BCUT2D eigenvalue weighted by Gasteiger charge is -2.33. The number of rotatable bonds is 5. The van der Waals surface area contributed by atoms with Crippen LogP contribution in [0, 0.1) is 5.92 Å². The second kappa shape index (κ2) is 8.86. The molecule has 1 N–H and O–H groups in total. The number of amides is 2. The van der Waals surface area contributed by atoms with Crippen LogP contribution in [0.2, 0.25) is 0 Å². The van der Waals surface area contributed by atoms with Crippen LogP contribution in [-0.4, -0.2) is 34.2 Å². The summed E-state index contributed by atoms with van der Waals surface area (Å²) in [7, 11) is 0. The standard InChI is InChI=1S/C25H26N4O3/c1-17-15-29(25(30)28-22-14-27-31-16-22)10-9-20(17)11-18-3-2-4-23(12-18)32-24-8-7-21(13-26-24)19-5-6-19/h2-4,7-8,11-14,16-17,19H,5-6,9-10,15H2,1H3,(H,28,30)/b20-11+. The Labute approximate surface area is 187 Å². The molecule has 1 aliphatic heterocycles. The highest BCUT2D eigenvalue weighted by Gasteiger charge is 2.25. The van der Waals surface area contributed by atoms with Gasteiger partial charge in [-0.2, -0.15) is 0 Å². The predicted octanol–water partition coefficient (Wildman–Crippen LogP) is 5.70. The topological polar surface area (TPSA) is 80.5 Å². The first kappa shape index (κ1) is 20.3. The SMILES string of the molecule is CC1CN(C(=O)Nc2cnoc2)CC/C1=C\c1cccc(Oc2ccc(C3CC3)cn2)c1. The summed E-state index contributed by atoms with van der Waals surface area (Å²) < 4.78 is 10.7. The molecule has 5 rings (SSSR count). The lowest BCUT2D eigenvalue weighted by atomic mass is 9.91. The number of pyridine rings is 1. The molecule has 1 aromatic carbocycles.